The third-order valence-corrected chi connectivity index (χ3v) is 7.67. The molecule has 0 N–H and O–H groups in total. The highest BCUT2D eigenvalue weighted by molar-refractivity contribution is 8.02. The maximum Gasteiger partial charge on any atom is 0.253 e. The molecular formula is C22H25N3OS3. The molecule has 0 saturated carbocycles. The zero-order chi connectivity index (χ0) is 20.8. The molecule has 0 atom stereocenters. The highest BCUT2D eigenvalue weighted by Crippen LogP contribution is 2.32. The Bertz CT molecular complexity index is 952. The highest BCUT2D eigenvalue weighted by Gasteiger charge is 2.10. The summed E-state index contributed by atoms with van der Waals surface area (Å²) in [5.74, 6) is 2.24. The lowest BCUT2D eigenvalue weighted by atomic mass is 10.0. The molecule has 0 aliphatic heterocycles. The lowest BCUT2D eigenvalue weighted by Crippen LogP contribution is -2.21. The van der Waals surface area contributed by atoms with E-state index in [0.29, 0.717) is 11.5 Å². The Morgan fingerprint density at radius 1 is 0.966 bits per heavy atom. The van der Waals surface area contributed by atoms with E-state index >= 15 is 0 Å². The smallest absolute Gasteiger partial charge is 0.253 e. The van der Waals surface area contributed by atoms with Crippen molar-refractivity contribution in [2.24, 2.45) is 0 Å². The molecule has 7 heteroatoms. The van der Waals surface area contributed by atoms with Gasteiger partial charge in [-0.05, 0) is 34.7 Å². The van der Waals surface area contributed by atoms with Crippen LogP contribution in [0.3, 0.4) is 0 Å². The summed E-state index contributed by atoms with van der Waals surface area (Å²) in [6, 6.07) is 16.6. The van der Waals surface area contributed by atoms with Gasteiger partial charge in [0.15, 0.2) is 8.68 Å². The summed E-state index contributed by atoms with van der Waals surface area (Å²) in [5.41, 5.74) is 4.48. The Balaban J connectivity index is 1.53. The van der Waals surface area contributed by atoms with E-state index in [0.717, 1.165) is 25.7 Å². The van der Waals surface area contributed by atoms with Crippen molar-refractivity contribution in [2.75, 3.05) is 14.1 Å². The molecule has 0 radical (unpaired) electrons. The highest BCUT2D eigenvalue weighted by atomic mass is 32.2. The van der Waals surface area contributed by atoms with Crippen LogP contribution in [0, 0.1) is 0 Å². The summed E-state index contributed by atoms with van der Waals surface area (Å²) in [7, 11) is 3.53. The van der Waals surface area contributed by atoms with E-state index in [9.17, 15) is 4.79 Å². The molecule has 0 unspecified atom stereocenters. The molecule has 152 valence electrons. The van der Waals surface area contributed by atoms with Crippen LogP contribution in [0.15, 0.2) is 57.2 Å². The molecule has 1 aromatic heterocycles. The van der Waals surface area contributed by atoms with E-state index in [1.54, 1.807) is 53.9 Å². The van der Waals surface area contributed by atoms with Crippen LogP contribution in [0.2, 0.25) is 0 Å². The molecule has 3 aromatic rings. The van der Waals surface area contributed by atoms with Gasteiger partial charge in [0.05, 0.1) is 0 Å². The van der Waals surface area contributed by atoms with E-state index in [4.69, 9.17) is 0 Å². The number of aromatic nitrogens is 2. The van der Waals surface area contributed by atoms with E-state index < -0.39 is 0 Å². The summed E-state index contributed by atoms with van der Waals surface area (Å²) in [4.78, 5) is 13.7. The normalized spacial score (nSPS) is 11.1. The third-order valence-electron chi connectivity index (χ3n) is 4.34. The molecule has 0 spiro atoms. The predicted molar refractivity (Wildman–Crippen MR) is 124 cm³/mol. The number of carbonyl (C=O) groups is 1. The standard InChI is InChI=1S/C22H25N3OS3/c1-15(2)18-10-8-16(9-11-18)13-27-21-23-24-22(29-21)28-14-17-6-5-7-19(12-17)20(26)25(3)4/h5-12,15H,13-14H2,1-4H3. The van der Waals surface area contributed by atoms with Crippen LogP contribution in [-0.2, 0) is 11.5 Å². The Morgan fingerprint density at radius 2 is 1.59 bits per heavy atom. The van der Waals surface area contributed by atoms with Crippen molar-refractivity contribution in [3.05, 3.63) is 70.8 Å². The van der Waals surface area contributed by atoms with Crippen molar-refractivity contribution in [1.29, 1.82) is 0 Å². The van der Waals surface area contributed by atoms with Crippen LogP contribution in [-0.4, -0.2) is 35.1 Å². The van der Waals surface area contributed by atoms with Gasteiger partial charge in [-0.3, -0.25) is 4.79 Å². The number of nitrogens with zero attached hydrogens (tertiary/aromatic N) is 3. The molecule has 0 saturated heterocycles. The van der Waals surface area contributed by atoms with Gasteiger partial charge in [-0.1, -0.05) is 85.1 Å². The van der Waals surface area contributed by atoms with Gasteiger partial charge in [-0.2, -0.15) is 0 Å². The van der Waals surface area contributed by atoms with E-state index in [-0.39, 0.29) is 5.91 Å². The second kappa shape index (κ2) is 10.3. The first-order valence-corrected chi connectivity index (χ1v) is 12.2. The van der Waals surface area contributed by atoms with Gasteiger partial charge in [0.2, 0.25) is 0 Å². The third kappa shape index (κ3) is 6.32. The van der Waals surface area contributed by atoms with Crippen molar-refractivity contribution in [1.82, 2.24) is 15.1 Å². The fraction of sp³-hybridized carbons (Fsp3) is 0.318. The Kier molecular flexibility index (Phi) is 7.75. The van der Waals surface area contributed by atoms with Crippen molar-refractivity contribution in [3.8, 4) is 0 Å². The average Bonchev–Trinajstić information content (AvgIpc) is 3.18. The SMILES string of the molecule is CC(C)c1ccc(CSc2nnc(SCc3cccc(C(=O)N(C)C)c3)s2)cc1. The van der Waals surface area contributed by atoms with Crippen LogP contribution >= 0.6 is 34.9 Å². The van der Waals surface area contributed by atoms with Gasteiger partial charge in [0, 0.05) is 31.2 Å². The molecule has 1 amide bonds. The fourth-order valence-corrected chi connectivity index (χ4v) is 5.57. The summed E-state index contributed by atoms with van der Waals surface area (Å²) in [6.07, 6.45) is 0. The first-order chi connectivity index (χ1) is 13.9. The molecule has 4 nitrogen and oxygen atoms in total. The van der Waals surface area contributed by atoms with Gasteiger partial charge in [-0.25, -0.2) is 0 Å². The van der Waals surface area contributed by atoms with Crippen molar-refractivity contribution < 1.29 is 4.79 Å². The van der Waals surface area contributed by atoms with Gasteiger partial charge in [-0.15, -0.1) is 10.2 Å². The monoisotopic (exact) mass is 443 g/mol. The lowest BCUT2D eigenvalue weighted by molar-refractivity contribution is 0.0827. The molecule has 0 fully saturated rings. The van der Waals surface area contributed by atoms with Crippen LogP contribution < -0.4 is 0 Å². The van der Waals surface area contributed by atoms with Gasteiger partial charge < -0.3 is 4.90 Å². The van der Waals surface area contributed by atoms with Crippen molar-refractivity contribution >= 4 is 40.8 Å². The second-order valence-corrected chi connectivity index (χ2v) is 10.6. The molecule has 0 aliphatic carbocycles. The van der Waals surface area contributed by atoms with Crippen molar-refractivity contribution in [2.45, 2.75) is 40.0 Å². The van der Waals surface area contributed by atoms with Crippen LogP contribution in [0.1, 0.15) is 46.8 Å². The number of benzene rings is 2. The quantitative estimate of drug-likeness (QED) is 0.403. The minimum absolute atomic E-state index is 0.0212. The summed E-state index contributed by atoms with van der Waals surface area (Å²) in [5, 5.41) is 8.61. The molecule has 0 aliphatic rings. The minimum Gasteiger partial charge on any atom is -0.345 e. The molecular weight excluding hydrogens is 418 g/mol. The van der Waals surface area contributed by atoms with E-state index in [1.165, 1.54) is 11.1 Å². The summed E-state index contributed by atoms with van der Waals surface area (Å²) in [6.45, 7) is 4.42. The number of amides is 1. The van der Waals surface area contributed by atoms with Crippen molar-refractivity contribution in [3.63, 3.8) is 0 Å². The van der Waals surface area contributed by atoms with E-state index in [1.807, 2.05) is 24.3 Å². The summed E-state index contributed by atoms with van der Waals surface area (Å²) < 4.78 is 1.93. The van der Waals surface area contributed by atoms with Gasteiger partial charge in [0.25, 0.3) is 5.91 Å². The van der Waals surface area contributed by atoms with E-state index in [2.05, 4.69) is 48.3 Å². The second-order valence-electron chi connectivity index (χ2n) is 7.21. The largest absolute Gasteiger partial charge is 0.345 e. The van der Waals surface area contributed by atoms with Gasteiger partial charge >= 0.3 is 0 Å². The Hall–Kier alpha value is -1.83. The number of hydrogen-bond acceptors (Lipinski definition) is 6. The molecule has 0 bridgehead atoms. The fourth-order valence-electron chi connectivity index (χ4n) is 2.66. The number of rotatable bonds is 8. The van der Waals surface area contributed by atoms with Crippen LogP contribution in [0.5, 0.6) is 0 Å². The van der Waals surface area contributed by atoms with Crippen LogP contribution in [0.4, 0.5) is 0 Å². The first-order valence-electron chi connectivity index (χ1n) is 9.41. The number of hydrogen-bond donors (Lipinski definition) is 0. The minimum atomic E-state index is 0.0212. The molecule has 29 heavy (non-hydrogen) atoms. The lowest BCUT2D eigenvalue weighted by Gasteiger charge is -2.10. The molecule has 2 aromatic carbocycles. The summed E-state index contributed by atoms with van der Waals surface area (Å²) >= 11 is 5.00. The number of thioether (sulfide) groups is 2. The Labute approximate surface area is 185 Å². The number of carbonyl (C=O) groups excluding carboxylic acids is 1. The zero-order valence-electron chi connectivity index (χ0n) is 17.1. The first kappa shape index (κ1) is 21.9. The zero-order valence-corrected chi connectivity index (χ0v) is 19.5. The topological polar surface area (TPSA) is 46.1 Å². The maximum absolute atomic E-state index is 12.1. The molecule has 3 rings (SSSR count). The van der Waals surface area contributed by atoms with Crippen LogP contribution in [0.25, 0.3) is 0 Å². The predicted octanol–water partition coefficient (Wildman–Crippen LogP) is 5.95. The maximum atomic E-state index is 12.1. The van der Waals surface area contributed by atoms with Gasteiger partial charge in [0.1, 0.15) is 0 Å². The molecule has 1 heterocycles. The average molecular weight is 444 g/mol. The Morgan fingerprint density at radius 3 is 2.17 bits per heavy atom.